The van der Waals surface area contributed by atoms with Gasteiger partial charge in [-0.3, -0.25) is 14.5 Å². The molecular weight excluding hydrogens is 420 g/mol. The lowest BCUT2D eigenvalue weighted by Crippen LogP contribution is -2.38. The molecule has 0 aliphatic carbocycles. The van der Waals surface area contributed by atoms with E-state index in [1.807, 2.05) is 31.2 Å². The summed E-state index contributed by atoms with van der Waals surface area (Å²) in [5, 5.41) is 11.2. The van der Waals surface area contributed by atoms with E-state index in [-0.39, 0.29) is 11.3 Å². The fraction of sp³-hybridized carbons (Fsp3) is 0.385. The first-order chi connectivity index (χ1) is 16.0. The molecule has 2 saturated heterocycles. The molecule has 1 N–H and O–H groups in total. The molecule has 7 heteroatoms. The number of carbonyl (C=O) groups excluding carboxylic acids is 2. The van der Waals surface area contributed by atoms with Crippen molar-refractivity contribution in [3.63, 3.8) is 0 Å². The van der Waals surface area contributed by atoms with E-state index in [4.69, 9.17) is 9.47 Å². The molecule has 2 aromatic carbocycles. The van der Waals surface area contributed by atoms with Crippen LogP contribution in [0.15, 0.2) is 54.1 Å². The average molecular weight is 451 g/mol. The van der Waals surface area contributed by atoms with Gasteiger partial charge >= 0.3 is 0 Å². The number of ether oxygens (including phenoxy) is 2. The number of methoxy groups -OCH3 is 1. The Kier molecular flexibility index (Phi) is 7.11. The van der Waals surface area contributed by atoms with Gasteiger partial charge in [-0.05, 0) is 31.0 Å². The highest BCUT2D eigenvalue weighted by Crippen LogP contribution is 2.39. The van der Waals surface area contributed by atoms with Crippen LogP contribution in [0.5, 0.6) is 5.75 Å². The van der Waals surface area contributed by atoms with Crippen LogP contribution in [0.25, 0.3) is 5.76 Å². The number of likely N-dealkylation sites (tertiary alicyclic amines) is 1. The first-order valence-corrected chi connectivity index (χ1v) is 11.3. The van der Waals surface area contributed by atoms with Gasteiger partial charge in [0.05, 0.1) is 31.9 Å². The average Bonchev–Trinajstić information content (AvgIpc) is 3.10. The molecule has 2 heterocycles. The summed E-state index contributed by atoms with van der Waals surface area (Å²) in [6, 6.07) is 14.0. The van der Waals surface area contributed by atoms with Crippen molar-refractivity contribution in [2.75, 3.05) is 46.5 Å². The minimum Gasteiger partial charge on any atom is -0.507 e. The van der Waals surface area contributed by atoms with Gasteiger partial charge < -0.3 is 19.5 Å². The fourth-order valence-electron chi connectivity index (χ4n) is 4.42. The monoisotopic (exact) mass is 450 g/mol. The van der Waals surface area contributed by atoms with E-state index < -0.39 is 17.7 Å². The van der Waals surface area contributed by atoms with Gasteiger partial charge in [-0.25, -0.2) is 0 Å². The minimum atomic E-state index is -0.660. The molecule has 0 saturated carbocycles. The van der Waals surface area contributed by atoms with Gasteiger partial charge in [-0.1, -0.05) is 42.0 Å². The number of aliphatic hydroxyl groups is 1. The maximum absolute atomic E-state index is 13.1. The number of benzene rings is 2. The van der Waals surface area contributed by atoms with Gasteiger partial charge in [0.15, 0.2) is 0 Å². The highest BCUT2D eigenvalue weighted by Gasteiger charge is 2.45. The number of nitrogens with zero attached hydrogens (tertiary/aromatic N) is 2. The van der Waals surface area contributed by atoms with Crippen LogP contribution in [0.2, 0.25) is 0 Å². The summed E-state index contributed by atoms with van der Waals surface area (Å²) in [7, 11) is 1.54. The summed E-state index contributed by atoms with van der Waals surface area (Å²) in [5.74, 6) is -0.863. The molecule has 174 valence electrons. The Balaban J connectivity index is 1.67. The van der Waals surface area contributed by atoms with Crippen molar-refractivity contribution in [2.45, 2.75) is 19.4 Å². The zero-order valence-corrected chi connectivity index (χ0v) is 19.1. The molecule has 7 nitrogen and oxygen atoms in total. The van der Waals surface area contributed by atoms with Crippen molar-refractivity contribution in [3.8, 4) is 5.75 Å². The Morgan fingerprint density at radius 3 is 2.52 bits per heavy atom. The third kappa shape index (κ3) is 4.94. The minimum absolute atomic E-state index is 0.114. The van der Waals surface area contributed by atoms with Crippen molar-refractivity contribution in [1.29, 1.82) is 0 Å². The van der Waals surface area contributed by atoms with Gasteiger partial charge in [0.2, 0.25) is 0 Å². The van der Waals surface area contributed by atoms with Crippen LogP contribution in [-0.2, 0) is 14.3 Å². The normalized spacial score (nSPS) is 20.9. The molecule has 0 unspecified atom stereocenters. The van der Waals surface area contributed by atoms with Gasteiger partial charge in [0.25, 0.3) is 11.7 Å². The van der Waals surface area contributed by atoms with E-state index in [1.165, 1.54) is 0 Å². The Morgan fingerprint density at radius 1 is 1.09 bits per heavy atom. The van der Waals surface area contributed by atoms with E-state index in [2.05, 4.69) is 4.90 Å². The van der Waals surface area contributed by atoms with Crippen molar-refractivity contribution in [3.05, 3.63) is 70.8 Å². The summed E-state index contributed by atoms with van der Waals surface area (Å²) in [6.07, 6.45) is 0.731. The predicted molar refractivity (Wildman–Crippen MR) is 125 cm³/mol. The standard InChI is InChI=1S/C26H30N2O5/c1-18-7-9-19(10-8-18)23-22(24(29)20-5-3-6-21(17-20)32-2)25(30)26(31)28(23)12-4-11-27-13-15-33-16-14-27/h3,5-10,17,23,29H,4,11-16H2,1-2H3/t23-/m0/s1. The number of hydrogen-bond donors (Lipinski definition) is 1. The number of aliphatic hydroxyl groups excluding tert-OH is 1. The van der Waals surface area contributed by atoms with Gasteiger partial charge in [-0.2, -0.15) is 0 Å². The van der Waals surface area contributed by atoms with Gasteiger partial charge in [0.1, 0.15) is 11.5 Å². The number of carbonyl (C=O) groups is 2. The lowest BCUT2D eigenvalue weighted by atomic mass is 9.94. The van der Waals surface area contributed by atoms with Crippen LogP contribution in [0.4, 0.5) is 0 Å². The molecule has 0 aromatic heterocycles. The molecule has 4 rings (SSSR count). The van der Waals surface area contributed by atoms with Crippen molar-refractivity contribution in [1.82, 2.24) is 9.80 Å². The molecule has 0 bridgehead atoms. The Morgan fingerprint density at radius 2 is 1.82 bits per heavy atom. The molecule has 2 aromatic rings. The molecule has 33 heavy (non-hydrogen) atoms. The fourth-order valence-corrected chi connectivity index (χ4v) is 4.42. The van der Waals surface area contributed by atoms with Crippen molar-refractivity contribution in [2.24, 2.45) is 0 Å². The van der Waals surface area contributed by atoms with E-state index >= 15 is 0 Å². The van der Waals surface area contributed by atoms with E-state index in [0.29, 0.717) is 31.1 Å². The van der Waals surface area contributed by atoms with Crippen LogP contribution in [0, 0.1) is 6.92 Å². The number of aryl methyl sites for hydroxylation is 1. The van der Waals surface area contributed by atoms with Crippen LogP contribution >= 0.6 is 0 Å². The lowest BCUT2D eigenvalue weighted by Gasteiger charge is -2.29. The lowest BCUT2D eigenvalue weighted by molar-refractivity contribution is -0.140. The number of rotatable bonds is 7. The summed E-state index contributed by atoms with van der Waals surface area (Å²) in [6.45, 7) is 6.41. The van der Waals surface area contributed by atoms with Gasteiger partial charge in [0, 0.05) is 31.7 Å². The second-order valence-corrected chi connectivity index (χ2v) is 8.44. The zero-order valence-electron chi connectivity index (χ0n) is 19.1. The van der Waals surface area contributed by atoms with Crippen LogP contribution in [0.3, 0.4) is 0 Å². The summed E-state index contributed by atoms with van der Waals surface area (Å²) in [5.41, 5.74) is 2.44. The summed E-state index contributed by atoms with van der Waals surface area (Å²) in [4.78, 5) is 30.1. The predicted octanol–water partition coefficient (Wildman–Crippen LogP) is 3.15. The van der Waals surface area contributed by atoms with Crippen LogP contribution in [-0.4, -0.2) is 73.1 Å². The maximum Gasteiger partial charge on any atom is 0.295 e. The third-order valence-electron chi connectivity index (χ3n) is 6.25. The smallest absolute Gasteiger partial charge is 0.295 e. The number of morpholine rings is 1. The van der Waals surface area contributed by atoms with Crippen molar-refractivity contribution >= 4 is 17.4 Å². The van der Waals surface area contributed by atoms with E-state index in [0.717, 1.165) is 37.2 Å². The van der Waals surface area contributed by atoms with E-state index in [1.54, 1.807) is 36.3 Å². The van der Waals surface area contributed by atoms with Crippen molar-refractivity contribution < 1.29 is 24.2 Å². The highest BCUT2D eigenvalue weighted by atomic mass is 16.5. The van der Waals surface area contributed by atoms with Crippen LogP contribution < -0.4 is 4.74 Å². The SMILES string of the molecule is COc1cccc(C(O)=C2C(=O)C(=O)N(CCCN3CCOCC3)[C@H]2c2ccc(C)cc2)c1. The second-order valence-electron chi connectivity index (χ2n) is 8.44. The number of amides is 1. The summed E-state index contributed by atoms with van der Waals surface area (Å²) >= 11 is 0. The Hall–Kier alpha value is -3.16. The quantitative estimate of drug-likeness (QED) is 0.397. The Labute approximate surface area is 194 Å². The topological polar surface area (TPSA) is 79.3 Å². The zero-order chi connectivity index (χ0) is 23.4. The molecule has 1 atom stereocenters. The number of Topliss-reactive ketones (excluding diaryl/α,β-unsaturated/α-hetero) is 1. The Bertz CT molecular complexity index is 1040. The first-order valence-electron chi connectivity index (χ1n) is 11.3. The van der Waals surface area contributed by atoms with E-state index in [9.17, 15) is 14.7 Å². The summed E-state index contributed by atoms with van der Waals surface area (Å²) < 4.78 is 10.7. The molecule has 2 aliphatic heterocycles. The van der Waals surface area contributed by atoms with Crippen LogP contribution in [0.1, 0.15) is 29.2 Å². The molecule has 1 amide bonds. The molecule has 2 aliphatic rings. The molecule has 0 radical (unpaired) electrons. The second kappa shape index (κ2) is 10.2. The number of hydrogen-bond acceptors (Lipinski definition) is 6. The molecular formula is C26H30N2O5. The number of ketones is 1. The molecule has 0 spiro atoms. The third-order valence-corrected chi connectivity index (χ3v) is 6.25. The molecule has 2 fully saturated rings. The highest BCUT2D eigenvalue weighted by molar-refractivity contribution is 6.46. The first kappa shape index (κ1) is 23.0. The largest absolute Gasteiger partial charge is 0.507 e. The van der Waals surface area contributed by atoms with Gasteiger partial charge in [-0.15, -0.1) is 0 Å². The maximum atomic E-state index is 13.1.